The average Bonchev–Trinajstić information content (AvgIpc) is 2.09. The number of rotatable bonds is 3. The second-order valence-electron chi connectivity index (χ2n) is 3.93. The molecule has 0 atom stereocenters. The fourth-order valence-corrected chi connectivity index (χ4v) is 1.34. The highest BCUT2D eigenvalue weighted by molar-refractivity contribution is 5.29. The minimum atomic E-state index is -1.41. The van der Waals surface area contributed by atoms with Crippen LogP contribution in [-0.4, -0.2) is 12.2 Å². The Balaban J connectivity index is 3.25. The second kappa shape index (κ2) is 4.24. The highest BCUT2D eigenvalue weighted by Crippen LogP contribution is 2.26. The molecule has 0 unspecified atom stereocenters. The molecule has 0 aliphatic rings. The van der Waals surface area contributed by atoms with Gasteiger partial charge in [-0.15, -0.1) is 0 Å². The van der Waals surface area contributed by atoms with Gasteiger partial charge in [0.15, 0.2) is 11.6 Å². The van der Waals surface area contributed by atoms with Crippen molar-refractivity contribution in [2.75, 3.05) is 7.11 Å². The summed E-state index contributed by atoms with van der Waals surface area (Å²) < 4.78 is 31.3. The van der Waals surface area contributed by atoms with Crippen LogP contribution < -0.4 is 0 Å². The molecule has 2 nitrogen and oxygen atoms in total. The maximum absolute atomic E-state index is 13.3. The summed E-state index contributed by atoms with van der Waals surface area (Å²) in [7, 11) is 1.46. The van der Waals surface area contributed by atoms with E-state index in [1.165, 1.54) is 27.0 Å². The Morgan fingerprint density at radius 1 is 1.33 bits per heavy atom. The third kappa shape index (κ3) is 2.73. The summed E-state index contributed by atoms with van der Waals surface area (Å²) in [4.78, 5) is 0. The topological polar surface area (TPSA) is 29.5 Å². The van der Waals surface area contributed by atoms with Crippen LogP contribution in [0.2, 0.25) is 0 Å². The van der Waals surface area contributed by atoms with Crippen molar-refractivity contribution >= 4 is 0 Å². The molecule has 0 heterocycles. The van der Waals surface area contributed by atoms with Crippen molar-refractivity contribution in [1.29, 1.82) is 0 Å². The molecule has 0 fully saturated rings. The Morgan fingerprint density at radius 2 is 1.93 bits per heavy atom. The Bertz CT molecular complexity index is 356. The molecule has 0 saturated carbocycles. The lowest BCUT2D eigenvalue weighted by Crippen LogP contribution is -2.19. The summed E-state index contributed by atoms with van der Waals surface area (Å²) in [6.45, 7) is 2.99. The number of methoxy groups -OCH3 is 1. The largest absolute Gasteiger partial charge is 0.386 e. The molecule has 1 aromatic carbocycles. The number of halogens is 2. The summed E-state index contributed by atoms with van der Waals surface area (Å²) in [5.74, 6) is -1.98. The number of aliphatic hydroxyl groups is 1. The Kier molecular flexibility index (Phi) is 3.42. The average molecular weight is 216 g/mol. The summed E-state index contributed by atoms with van der Waals surface area (Å²) >= 11 is 0. The van der Waals surface area contributed by atoms with E-state index in [0.717, 1.165) is 6.07 Å². The fraction of sp³-hybridized carbons (Fsp3) is 0.455. The zero-order valence-corrected chi connectivity index (χ0v) is 8.97. The van der Waals surface area contributed by atoms with E-state index in [1.54, 1.807) is 0 Å². The molecule has 0 amide bonds. The van der Waals surface area contributed by atoms with Crippen LogP contribution >= 0.6 is 0 Å². The Hall–Kier alpha value is -1.00. The van der Waals surface area contributed by atoms with Crippen LogP contribution in [0.25, 0.3) is 0 Å². The number of benzene rings is 1. The SMILES string of the molecule is COCc1cc(F)c(F)c(C(C)(C)O)c1. The smallest absolute Gasteiger partial charge is 0.164 e. The first-order chi connectivity index (χ1) is 6.86. The molecular weight excluding hydrogens is 202 g/mol. The minimum Gasteiger partial charge on any atom is -0.386 e. The molecular formula is C11H14F2O2. The van der Waals surface area contributed by atoms with Gasteiger partial charge < -0.3 is 9.84 Å². The third-order valence-electron chi connectivity index (χ3n) is 2.06. The lowest BCUT2D eigenvalue weighted by molar-refractivity contribution is 0.0733. The molecule has 84 valence electrons. The molecule has 0 bridgehead atoms. The Labute approximate surface area is 87.5 Å². The van der Waals surface area contributed by atoms with Gasteiger partial charge >= 0.3 is 0 Å². The van der Waals surface area contributed by atoms with Gasteiger partial charge in [0, 0.05) is 12.7 Å². The van der Waals surface area contributed by atoms with Gasteiger partial charge in [0.1, 0.15) is 0 Å². The summed E-state index contributed by atoms with van der Waals surface area (Å²) in [6.07, 6.45) is 0. The van der Waals surface area contributed by atoms with E-state index in [1.807, 2.05) is 0 Å². The summed E-state index contributed by atoms with van der Waals surface area (Å²) in [5.41, 5.74) is -0.975. The molecule has 1 aromatic rings. The lowest BCUT2D eigenvalue weighted by atomic mass is 9.95. The van der Waals surface area contributed by atoms with E-state index in [9.17, 15) is 13.9 Å². The van der Waals surface area contributed by atoms with Gasteiger partial charge in [0.25, 0.3) is 0 Å². The van der Waals surface area contributed by atoms with Gasteiger partial charge in [-0.3, -0.25) is 0 Å². The molecule has 0 radical (unpaired) electrons. The van der Waals surface area contributed by atoms with Crippen LogP contribution in [0.4, 0.5) is 8.78 Å². The van der Waals surface area contributed by atoms with Crippen molar-refractivity contribution < 1.29 is 18.6 Å². The lowest BCUT2D eigenvalue weighted by Gasteiger charge is -2.19. The maximum Gasteiger partial charge on any atom is 0.164 e. The Morgan fingerprint density at radius 3 is 2.40 bits per heavy atom. The van der Waals surface area contributed by atoms with Crippen LogP contribution in [0.1, 0.15) is 25.0 Å². The van der Waals surface area contributed by atoms with Crippen LogP contribution in [0.5, 0.6) is 0 Å². The van der Waals surface area contributed by atoms with Crippen molar-refractivity contribution in [2.24, 2.45) is 0 Å². The quantitative estimate of drug-likeness (QED) is 0.840. The van der Waals surface area contributed by atoms with Crippen LogP contribution in [-0.2, 0) is 16.9 Å². The minimum absolute atomic E-state index is 0.0606. The first kappa shape index (κ1) is 12.1. The van der Waals surface area contributed by atoms with Crippen molar-refractivity contribution in [3.63, 3.8) is 0 Å². The van der Waals surface area contributed by atoms with Crippen molar-refractivity contribution in [3.8, 4) is 0 Å². The molecule has 1 N–H and O–H groups in total. The van der Waals surface area contributed by atoms with Gasteiger partial charge in [-0.2, -0.15) is 0 Å². The van der Waals surface area contributed by atoms with Gasteiger partial charge in [0.2, 0.25) is 0 Å². The van der Waals surface area contributed by atoms with E-state index in [4.69, 9.17) is 4.74 Å². The van der Waals surface area contributed by atoms with Crippen molar-refractivity contribution in [3.05, 3.63) is 34.9 Å². The normalized spacial score (nSPS) is 11.9. The van der Waals surface area contributed by atoms with E-state index in [0.29, 0.717) is 5.56 Å². The molecule has 0 saturated heterocycles. The number of hydrogen-bond donors (Lipinski definition) is 1. The van der Waals surface area contributed by atoms with Crippen molar-refractivity contribution in [1.82, 2.24) is 0 Å². The summed E-state index contributed by atoms with van der Waals surface area (Å²) in [5, 5.41) is 9.64. The molecule has 0 spiro atoms. The first-order valence-corrected chi connectivity index (χ1v) is 4.56. The van der Waals surface area contributed by atoms with E-state index in [-0.39, 0.29) is 12.2 Å². The van der Waals surface area contributed by atoms with Gasteiger partial charge in [-0.1, -0.05) is 0 Å². The van der Waals surface area contributed by atoms with E-state index >= 15 is 0 Å². The fourth-order valence-electron chi connectivity index (χ4n) is 1.34. The van der Waals surface area contributed by atoms with Crippen LogP contribution in [0.15, 0.2) is 12.1 Å². The molecule has 0 aliphatic carbocycles. The third-order valence-corrected chi connectivity index (χ3v) is 2.06. The van der Waals surface area contributed by atoms with Crippen LogP contribution in [0.3, 0.4) is 0 Å². The number of hydrogen-bond acceptors (Lipinski definition) is 2. The highest BCUT2D eigenvalue weighted by atomic mass is 19.2. The predicted molar refractivity (Wildman–Crippen MR) is 52.3 cm³/mol. The van der Waals surface area contributed by atoms with E-state index < -0.39 is 17.2 Å². The molecule has 15 heavy (non-hydrogen) atoms. The van der Waals surface area contributed by atoms with Gasteiger partial charge in [0.05, 0.1) is 12.2 Å². The monoisotopic (exact) mass is 216 g/mol. The van der Waals surface area contributed by atoms with Gasteiger partial charge in [-0.05, 0) is 31.5 Å². The number of ether oxygens (including phenoxy) is 1. The van der Waals surface area contributed by atoms with Gasteiger partial charge in [-0.25, -0.2) is 8.78 Å². The first-order valence-electron chi connectivity index (χ1n) is 4.56. The predicted octanol–water partition coefficient (Wildman–Crippen LogP) is 2.34. The highest BCUT2D eigenvalue weighted by Gasteiger charge is 2.23. The van der Waals surface area contributed by atoms with E-state index in [2.05, 4.69) is 0 Å². The molecule has 0 aliphatic heterocycles. The molecule has 4 heteroatoms. The standard InChI is InChI=1S/C11H14F2O2/c1-11(2,14)8-4-7(6-15-3)5-9(12)10(8)13/h4-5,14H,6H2,1-3H3. The zero-order valence-electron chi connectivity index (χ0n) is 8.97. The molecule has 1 rings (SSSR count). The second-order valence-corrected chi connectivity index (χ2v) is 3.93. The van der Waals surface area contributed by atoms with Crippen molar-refractivity contribution in [2.45, 2.75) is 26.1 Å². The zero-order chi connectivity index (χ0) is 11.6. The van der Waals surface area contributed by atoms with Crippen LogP contribution in [0, 0.1) is 11.6 Å². The maximum atomic E-state index is 13.3. The molecule has 0 aromatic heterocycles. The summed E-state index contributed by atoms with van der Waals surface area (Å²) in [6, 6.07) is 2.47.